The Balaban J connectivity index is 2.42. The van der Waals surface area contributed by atoms with Gasteiger partial charge in [0, 0.05) is 12.0 Å². The Bertz CT molecular complexity index is 449. The van der Waals surface area contributed by atoms with Gasteiger partial charge in [0.05, 0.1) is 5.71 Å². The molecule has 78 valence electrons. The summed E-state index contributed by atoms with van der Waals surface area (Å²) in [5, 5.41) is 7.81. The molecular formula is C11H12FN3. The van der Waals surface area contributed by atoms with Crippen LogP contribution in [-0.2, 0) is 0 Å². The summed E-state index contributed by atoms with van der Waals surface area (Å²) in [7, 11) is 0. The number of amidine groups is 1. The van der Waals surface area contributed by atoms with Gasteiger partial charge in [0.2, 0.25) is 0 Å². The lowest BCUT2D eigenvalue weighted by Gasteiger charge is -2.11. The molecule has 0 saturated carbocycles. The summed E-state index contributed by atoms with van der Waals surface area (Å²) in [5.74, 6) is 0.286. The van der Waals surface area contributed by atoms with Crippen LogP contribution >= 0.6 is 0 Å². The lowest BCUT2D eigenvalue weighted by Crippen LogP contribution is -2.18. The largest absolute Gasteiger partial charge is 0.386 e. The van der Waals surface area contributed by atoms with E-state index >= 15 is 0 Å². The first-order chi connectivity index (χ1) is 7.16. The Morgan fingerprint density at radius 2 is 2.07 bits per heavy atom. The van der Waals surface area contributed by atoms with Crippen LogP contribution < -0.4 is 5.73 Å². The lowest BCUT2D eigenvalue weighted by atomic mass is 10.00. The van der Waals surface area contributed by atoms with Crippen LogP contribution in [0.2, 0.25) is 0 Å². The van der Waals surface area contributed by atoms with Gasteiger partial charge in [-0.1, -0.05) is 6.07 Å². The molecule has 0 unspecified atom stereocenters. The molecule has 1 aromatic rings. The van der Waals surface area contributed by atoms with Crippen molar-refractivity contribution in [1.29, 1.82) is 0 Å². The summed E-state index contributed by atoms with van der Waals surface area (Å²) in [6, 6.07) is 4.68. The van der Waals surface area contributed by atoms with Crippen molar-refractivity contribution in [3.63, 3.8) is 0 Å². The van der Waals surface area contributed by atoms with Gasteiger partial charge in [-0.15, -0.1) is 5.10 Å². The molecule has 0 amide bonds. The van der Waals surface area contributed by atoms with E-state index in [2.05, 4.69) is 10.2 Å². The fourth-order valence-corrected chi connectivity index (χ4v) is 1.56. The second-order valence-corrected chi connectivity index (χ2v) is 3.60. The Morgan fingerprint density at radius 3 is 2.73 bits per heavy atom. The first-order valence-corrected chi connectivity index (χ1v) is 4.82. The summed E-state index contributed by atoms with van der Waals surface area (Å²) in [6.07, 6.45) is 1.41. The van der Waals surface area contributed by atoms with Crippen molar-refractivity contribution in [1.82, 2.24) is 0 Å². The fraction of sp³-hybridized carbons (Fsp3) is 0.273. The Hall–Kier alpha value is -1.71. The Labute approximate surface area is 87.5 Å². The number of hydrogen-bond donors (Lipinski definition) is 1. The van der Waals surface area contributed by atoms with Crippen LogP contribution in [0.25, 0.3) is 0 Å². The van der Waals surface area contributed by atoms with Gasteiger partial charge < -0.3 is 5.73 Å². The van der Waals surface area contributed by atoms with E-state index in [-0.39, 0.29) is 5.82 Å². The summed E-state index contributed by atoms with van der Waals surface area (Å²) < 4.78 is 13.1. The number of hydrogen-bond acceptors (Lipinski definition) is 3. The maximum Gasteiger partial charge on any atom is 0.123 e. The van der Waals surface area contributed by atoms with E-state index < -0.39 is 0 Å². The van der Waals surface area contributed by atoms with E-state index in [4.69, 9.17) is 5.73 Å². The van der Waals surface area contributed by atoms with Gasteiger partial charge >= 0.3 is 0 Å². The molecule has 2 N–H and O–H groups in total. The molecule has 0 spiro atoms. The summed E-state index contributed by atoms with van der Waals surface area (Å²) >= 11 is 0. The minimum atomic E-state index is -0.249. The van der Waals surface area contributed by atoms with Gasteiger partial charge in [-0.3, -0.25) is 0 Å². The normalized spacial score (nSPS) is 15.9. The van der Waals surface area contributed by atoms with Gasteiger partial charge in [-0.05, 0) is 31.0 Å². The number of rotatable bonds is 1. The molecule has 0 saturated heterocycles. The van der Waals surface area contributed by atoms with Crippen molar-refractivity contribution in [2.24, 2.45) is 15.9 Å². The van der Waals surface area contributed by atoms with Crippen LogP contribution in [0.1, 0.15) is 24.0 Å². The topological polar surface area (TPSA) is 50.7 Å². The molecule has 1 aromatic carbocycles. The highest BCUT2D eigenvalue weighted by Gasteiger charge is 2.12. The zero-order chi connectivity index (χ0) is 10.8. The number of aryl methyl sites for hydroxylation is 1. The quantitative estimate of drug-likeness (QED) is 0.748. The van der Waals surface area contributed by atoms with E-state index in [1.54, 1.807) is 6.07 Å². The Morgan fingerprint density at radius 1 is 1.27 bits per heavy atom. The van der Waals surface area contributed by atoms with Crippen molar-refractivity contribution in [3.05, 3.63) is 35.1 Å². The SMILES string of the molecule is Cc1ccc(F)cc1C1=NN=C(N)CC1. The molecule has 0 atom stereocenters. The minimum Gasteiger partial charge on any atom is -0.386 e. The first-order valence-electron chi connectivity index (χ1n) is 4.82. The Kier molecular flexibility index (Phi) is 2.49. The third-order valence-corrected chi connectivity index (χ3v) is 2.43. The van der Waals surface area contributed by atoms with E-state index in [1.807, 2.05) is 6.92 Å². The van der Waals surface area contributed by atoms with Gasteiger partial charge in [0.1, 0.15) is 11.7 Å². The molecule has 4 heteroatoms. The second-order valence-electron chi connectivity index (χ2n) is 3.60. The van der Waals surface area contributed by atoms with Crippen LogP contribution in [0.15, 0.2) is 28.4 Å². The van der Waals surface area contributed by atoms with E-state index in [1.165, 1.54) is 12.1 Å². The van der Waals surface area contributed by atoms with Crippen molar-refractivity contribution in [2.45, 2.75) is 19.8 Å². The number of halogens is 1. The lowest BCUT2D eigenvalue weighted by molar-refractivity contribution is 0.627. The molecule has 0 bridgehead atoms. The minimum absolute atomic E-state index is 0.249. The van der Waals surface area contributed by atoms with Crippen molar-refractivity contribution in [3.8, 4) is 0 Å². The number of benzene rings is 1. The molecule has 3 nitrogen and oxygen atoms in total. The van der Waals surface area contributed by atoms with Gasteiger partial charge in [-0.2, -0.15) is 5.10 Å². The number of nitrogens with two attached hydrogens (primary N) is 1. The molecule has 2 rings (SSSR count). The zero-order valence-electron chi connectivity index (χ0n) is 8.50. The van der Waals surface area contributed by atoms with Crippen LogP contribution in [0.4, 0.5) is 4.39 Å². The average molecular weight is 205 g/mol. The van der Waals surface area contributed by atoms with Gasteiger partial charge in [-0.25, -0.2) is 4.39 Å². The zero-order valence-corrected chi connectivity index (χ0v) is 8.50. The van der Waals surface area contributed by atoms with Gasteiger partial charge in [0.25, 0.3) is 0 Å². The molecular weight excluding hydrogens is 193 g/mol. The van der Waals surface area contributed by atoms with Crippen LogP contribution in [0, 0.1) is 12.7 Å². The maximum atomic E-state index is 13.1. The molecule has 15 heavy (non-hydrogen) atoms. The van der Waals surface area contributed by atoms with Crippen molar-refractivity contribution >= 4 is 11.5 Å². The van der Waals surface area contributed by atoms with E-state index in [0.717, 1.165) is 23.3 Å². The van der Waals surface area contributed by atoms with E-state index in [0.29, 0.717) is 12.3 Å². The highest BCUT2D eigenvalue weighted by Crippen LogP contribution is 2.16. The van der Waals surface area contributed by atoms with Crippen LogP contribution in [-0.4, -0.2) is 11.5 Å². The highest BCUT2D eigenvalue weighted by atomic mass is 19.1. The third-order valence-electron chi connectivity index (χ3n) is 2.43. The molecule has 1 aliphatic rings. The molecule has 1 aliphatic heterocycles. The predicted octanol–water partition coefficient (Wildman–Crippen LogP) is 1.99. The summed E-state index contributed by atoms with van der Waals surface area (Å²) in [5.41, 5.74) is 8.15. The molecule has 0 fully saturated rings. The van der Waals surface area contributed by atoms with Crippen LogP contribution in [0.5, 0.6) is 0 Å². The third kappa shape index (κ3) is 2.03. The maximum absolute atomic E-state index is 13.1. The van der Waals surface area contributed by atoms with E-state index in [9.17, 15) is 4.39 Å². The van der Waals surface area contributed by atoms with Crippen molar-refractivity contribution in [2.75, 3.05) is 0 Å². The molecule has 1 heterocycles. The highest BCUT2D eigenvalue weighted by molar-refractivity contribution is 6.05. The molecule has 0 aliphatic carbocycles. The fourth-order valence-electron chi connectivity index (χ4n) is 1.56. The molecule has 0 aromatic heterocycles. The van der Waals surface area contributed by atoms with Crippen molar-refractivity contribution < 1.29 is 4.39 Å². The monoisotopic (exact) mass is 205 g/mol. The summed E-state index contributed by atoms with van der Waals surface area (Å²) in [6.45, 7) is 1.93. The first kappa shape index (κ1) is 9.83. The predicted molar refractivity (Wildman–Crippen MR) is 58.5 cm³/mol. The smallest absolute Gasteiger partial charge is 0.123 e. The average Bonchev–Trinajstić information content (AvgIpc) is 2.23. The van der Waals surface area contributed by atoms with Crippen LogP contribution in [0.3, 0.4) is 0 Å². The standard InChI is InChI=1S/C11H12FN3/c1-7-2-3-8(12)6-9(7)10-4-5-11(13)15-14-10/h2-3,6H,4-5H2,1H3,(H2,13,15). The second kappa shape index (κ2) is 3.81. The molecule has 0 radical (unpaired) electrons. The van der Waals surface area contributed by atoms with Gasteiger partial charge in [0.15, 0.2) is 0 Å². The summed E-state index contributed by atoms with van der Waals surface area (Å²) in [4.78, 5) is 0. The number of nitrogens with zero attached hydrogens (tertiary/aromatic N) is 2.